The Bertz CT molecular complexity index is 291. The molecule has 138 valence electrons. The summed E-state index contributed by atoms with van der Waals surface area (Å²) in [5.74, 6) is 1.34. The van der Waals surface area contributed by atoms with E-state index < -0.39 is 0 Å². The van der Waals surface area contributed by atoms with Crippen molar-refractivity contribution in [2.45, 2.75) is 113 Å². The van der Waals surface area contributed by atoms with E-state index in [1.54, 1.807) is 0 Å². The minimum Gasteiger partial charge on any atom is -0.300 e. The Labute approximate surface area is 147 Å². The number of allylic oxidation sites excluding steroid dienone is 1. The Balaban J connectivity index is 0. The Hall–Kier alpha value is -0.590. The molecule has 0 unspecified atom stereocenters. The number of unbranched alkanes of at least 4 members (excludes halogenated alkanes) is 2. The van der Waals surface area contributed by atoms with Gasteiger partial charge in [0.25, 0.3) is 0 Å². The van der Waals surface area contributed by atoms with Crippen molar-refractivity contribution < 1.29 is 4.79 Å². The average molecular weight is 325 g/mol. The molecule has 0 aliphatic heterocycles. The third-order valence-electron chi connectivity index (χ3n) is 5.16. The zero-order chi connectivity index (χ0) is 18.3. The second-order valence-corrected chi connectivity index (χ2v) is 7.22. The van der Waals surface area contributed by atoms with E-state index in [0.29, 0.717) is 17.6 Å². The van der Waals surface area contributed by atoms with Crippen LogP contribution in [0.25, 0.3) is 0 Å². The predicted octanol–water partition coefficient (Wildman–Crippen LogP) is 7.74. The zero-order valence-electron chi connectivity index (χ0n) is 17.3. The highest BCUT2D eigenvalue weighted by atomic mass is 16.1. The molecule has 0 aromatic heterocycles. The fourth-order valence-electron chi connectivity index (χ4n) is 2.85. The van der Waals surface area contributed by atoms with Crippen LogP contribution in [0.4, 0.5) is 0 Å². The van der Waals surface area contributed by atoms with E-state index in [9.17, 15) is 4.79 Å². The molecule has 0 radical (unpaired) electrons. The lowest BCUT2D eigenvalue weighted by Gasteiger charge is -2.36. The smallest absolute Gasteiger partial charge is 0.132 e. The van der Waals surface area contributed by atoms with Crippen molar-refractivity contribution in [2.75, 3.05) is 0 Å². The number of carbonyl (C=O) groups is 1. The van der Waals surface area contributed by atoms with E-state index in [0.717, 1.165) is 18.8 Å². The minimum absolute atomic E-state index is 0.406. The fourth-order valence-corrected chi connectivity index (χ4v) is 2.85. The van der Waals surface area contributed by atoms with Crippen molar-refractivity contribution in [3.05, 3.63) is 12.2 Å². The van der Waals surface area contributed by atoms with Crippen molar-refractivity contribution in [3.63, 3.8) is 0 Å². The summed E-state index contributed by atoms with van der Waals surface area (Å²) in [6.45, 7) is 19.3. The molecule has 1 rings (SSSR count). The molecule has 1 aliphatic rings. The van der Waals surface area contributed by atoms with E-state index in [1.807, 2.05) is 20.8 Å². The molecule has 1 nitrogen and oxygen atoms in total. The number of hydrogen-bond donors (Lipinski definition) is 0. The Morgan fingerprint density at radius 3 is 2.00 bits per heavy atom. The summed E-state index contributed by atoms with van der Waals surface area (Å²) < 4.78 is 0. The van der Waals surface area contributed by atoms with Crippen LogP contribution < -0.4 is 0 Å². The first-order valence-electron chi connectivity index (χ1n) is 10.1. The van der Waals surface area contributed by atoms with Gasteiger partial charge in [0.05, 0.1) is 0 Å². The van der Waals surface area contributed by atoms with E-state index in [-0.39, 0.29) is 0 Å². The number of hydrogen-bond acceptors (Lipinski definition) is 1. The molecule has 0 aromatic rings. The quantitative estimate of drug-likeness (QED) is 0.345. The molecule has 0 bridgehead atoms. The number of Topliss-reactive ketones (excluding diaryl/α,β-unsaturated/α-hetero) is 1. The third kappa shape index (κ3) is 12.5. The zero-order valence-corrected chi connectivity index (χ0v) is 17.3. The molecule has 0 heterocycles. The monoisotopic (exact) mass is 324 g/mol. The molecular formula is C22H44O. The van der Waals surface area contributed by atoms with Gasteiger partial charge >= 0.3 is 0 Å². The van der Waals surface area contributed by atoms with Gasteiger partial charge in [0.1, 0.15) is 5.78 Å². The second kappa shape index (κ2) is 15.0. The molecule has 1 fully saturated rings. The number of rotatable bonds is 7. The molecule has 0 saturated heterocycles. The summed E-state index contributed by atoms with van der Waals surface area (Å²) in [5.41, 5.74) is 2.03. The molecule has 1 aliphatic carbocycles. The standard InChI is InChI=1S/C12H22.C8H16O.C2H6/c1-5-12(3,4)11-8-6-10(2)7-9-11;1-3-5-6-7-8(9)4-2;1-2/h11H,2,5-9H2,1,3-4H3;3-7H2,1-2H3;1-2H3. The maximum Gasteiger partial charge on any atom is 0.132 e. The van der Waals surface area contributed by atoms with Gasteiger partial charge in [-0.05, 0) is 43.4 Å². The lowest BCUT2D eigenvalue weighted by molar-refractivity contribution is -0.118. The topological polar surface area (TPSA) is 17.1 Å². The molecule has 0 amide bonds. The molecule has 0 aromatic carbocycles. The van der Waals surface area contributed by atoms with Gasteiger partial charge < -0.3 is 0 Å². The summed E-state index contributed by atoms with van der Waals surface area (Å²) in [4.78, 5) is 10.7. The van der Waals surface area contributed by atoms with Crippen LogP contribution in [0, 0.1) is 11.3 Å². The van der Waals surface area contributed by atoms with Gasteiger partial charge in [-0.3, -0.25) is 4.79 Å². The van der Waals surface area contributed by atoms with Gasteiger partial charge in [-0.25, -0.2) is 0 Å². The normalized spacial score (nSPS) is 15.2. The molecule has 0 atom stereocenters. The molecule has 23 heavy (non-hydrogen) atoms. The summed E-state index contributed by atoms with van der Waals surface area (Å²) in [6, 6.07) is 0. The lowest BCUT2D eigenvalue weighted by Crippen LogP contribution is -2.25. The molecule has 1 saturated carbocycles. The fraction of sp³-hybridized carbons (Fsp3) is 0.864. The first kappa shape index (κ1) is 24.7. The van der Waals surface area contributed by atoms with E-state index >= 15 is 0 Å². The predicted molar refractivity (Wildman–Crippen MR) is 106 cm³/mol. The van der Waals surface area contributed by atoms with Crippen molar-refractivity contribution in [1.29, 1.82) is 0 Å². The van der Waals surface area contributed by atoms with Crippen LogP contribution in [-0.4, -0.2) is 5.78 Å². The summed E-state index contributed by atoms with van der Waals surface area (Å²) in [6.07, 6.45) is 11.6. The van der Waals surface area contributed by atoms with E-state index in [4.69, 9.17) is 0 Å². The summed E-state index contributed by atoms with van der Waals surface area (Å²) in [5, 5.41) is 0. The minimum atomic E-state index is 0.406. The first-order chi connectivity index (χ1) is 10.9. The van der Waals surface area contributed by atoms with Crippen LogP contribution in [-0.2, 0) is 4.79 Å². The van der Waals surface area contributed by atoms with Crippen molar-refractivity contribution >= 4 is 5.78 Å². The van der Waals surface area contributed by atoms with Gasteiger partial charge in [-0.1, -0.05) is 79.9 Å². The molecule has 0 spiro atoms. The molecule has 1 heteroatoms. The highest BCUT2D eigenvalue weighted by Gasteiger charge is 2.29. The van der Waals surface area contributed by atoms with E-state index in [2.05, 4.69) is 34.3 Å². The number of ketones is 1. The van der Waals surface area contributed by atoms with Crippen molar-refractivity contribution in [1.82, 2.24) is 0 Å². The Morgan fingerprint density at radius 2 is 1.61 bits per heavy atom. The lowest BCUT2D eigenvalue weighted by atomic mass is 9.69. The van der Waals surface area contributed by atoms with Crippen LogP contribution in [0.1, 0.15) is 113 Å². The SMILES string of the molecule is C=C1CCC(C(C)(C)CC)CC1.CC.CCCCCC(=O)CC. The summed E-state index contributed by atoms with van der Waals surface area (Å²) >= 11 is 0. The maximum absolute atomic E-state index is 10.7. The van der Waals surface area contributed by atoms with E-state index in [1.165, 1.54) is 50.5 Å². The average Bonchev–Trinajstić information content (AvgIpc) is 2.57. The van der Waals surface area contributed by atoms with Gasteiger partial charge in [-0.2, -0.15) is 0 Å². The van der Waals surface area contributed by atoms with Gasteiger partial charge in [0.2, 0.25) is 0 Å². The highest BCUT2D eigenvalue weighted by molar-refractivity contribution is 5.77. The third-order valence-corrected chi connectivity index (χ3v) is 5.16. The Morgan fingerprint density at radius 1 is 1.09 bits per heavy atom. The van der Waals surface area contributed by atoms with Gasteiger partial charge in [-0.15, -0.1) is 0 Å². The van der Waals surface area contributed by atoms with Gasteiger partial charge in [0, 0.05) is 12.8 Å². The molecule has 0 N–H and O–H groups in total. The largest absolute Gasteiger partial charge is 0.300 e. The first-order valence-corrected chi connectivity index (χ1v) is 10.1. The molecular weight excluding hydrogens is 280 g/mol. The Kier molecular flexibility index (Phi) is 16.0. The van der Waals surface area contributed by atoms with Crippen molar-refractivity contribution in [2.24, 2.45) is 11.3 Å². The number of carbonyl (C=O) groups excluding carboxylic acids is 1. The van der Waals surface area contributed by atoms with Crippen LogP contribution in [0.3, 0.4) is 0 Å². The van der Waals surface area contributed by atoms with Crippen LogP contribution >= 0.6 is 0 Å². The second-order valence-electron chi connectivity index (χ2n) is 7.22. The van der Waals surface area contributed by atoms with Gasteiger partial charge in [0.15, 0.2) is 0 Å². The summed E-state index contributed by atoms with van der Waals surface area (Å²) in [7, 11) is 0. The van der Waals surface area contributed by atoms with Crippen molar-refractivity contribution in [3.8, 4) is 0 Å². The van der Waals surface area contributed by atoms with Crippen LogP contribution in [0.2, 0.25) is 0 Å². The maximum atomic E-state index is 10.7. The van der Waals surface area contributed by atoms with Crippen LogP contribution in [0.5, 0.6) is 0 Å². The highest BCUT2D eigenvalue weighted by Crippen LogP contribution is 2.41. The van der Waals surface area contributed by atoms with Crippen LogP contribution in [0.15, 0.2) is 12.2 Å².